The van der Waals surface area contributed by atoms with Gasteiger partial charge in [0.25, 0.3) is 0 Å². The van der Waals surface area contributed by atoms with Gasteiger partial charge in [-0.3, -0.25) is 4.79 Å². The summed E-state index contributed by atoms with van der Waals surface area (Å²) >= 11 is 0. The van der Waals surface area contributed by atoms with Crippen LogP contribution >= 0.6 is 0 Å². The largest absolute Gasteiger partial charge is 0.474 e. The zero-order valence-electron chi connectivity index (χ0n) is 7.82. The molecule has 0 aromatic carbocycles. The summed E-state index contributed by atoms with van der Waals surface area (Å²) in [4.78, 5) is 22.4. The van der Waals surface area contributed by atoms with Crippen LogP contribution in [0.2, 0.25) is 0 Å². The minimum Gasteiger partial charge on any atom is -0.474 e. The monoisotopic (exact) mass is 185 g/mol. The lowest BCUT2D eigenvalue weighted by atomic mass is 9.83. The molecule has 1 N–H and O–H groups in total. The molecule has 1 aliphatic rings. The molecular weight excluding hydrogens is 170 g/mol. The lowest BCUT2D eigenvalue weighted by molar-refractivity contribution is -0.155. The number of likely N-dealkylation sites (N-methyl/N-ethyl adjacent to an activating group) is 1. The fraction of sp³-hybridized carbons (Fsp3) is 0.778. The Morgan fingerprint density at radius 1 is 1.46 bits per heavy atom. The Kier molecular flexibility index (Phi) is 3.28. The number of aliphatic carboxylic acids is 1. The number of carbonyl (C=O) groups is 2. The fourth-order valence-corrected chi connectivity index (χ4v) is 1.42. The van der Waals surface area contributed by atoms with E-state index < -0.39 is 11.9 Å². The molecule has 4 heteroatoms. The van der Waals surface area contributed by atoms with Crippen molar-refractivity contribution in [3.8, 4) is 0 Å². The van der Waals surface area contributed by atoms with Crippen molar-refractivity contribution in [3.05, 3.63) is 0 Å². The first-order chi connectivity index (χ1) is 6.11. The quantitative estimate of drug-likeness (QED) is 0.659. The van der Waals surface area contributed by atoms with Gasteiger partial charge < -0.3 is 10.0 Å². The third-order valence-corrected chi connectivity index (χ3v) is 2.63. The minimum atomic E-state index is -1.36. The molecule has 0 aliphatic heterocycles. The van der Waals surface area contributed by atoms with Gasteiger partial charge in [0.15, 0.2) is 0 Å². The van der Waals surface area contributed by atoms with Crippen molar-refractivity contribution < 1.29 is 14.7 Å². The van der Waals surface area contributed by atoms with E-state index in [1.165, 1.54) is 31.2 Å². The number of hydrogen-bond acceptors (Lipinski definition) is 2. The third-order valence-electron chi connectivity index (χ3n) is 2.63. The van der Waals surface area contributed by atoms with Crippen LogP contribution in [0.5, 0.6) is 0 Å². The van der Waals surface area contributed by atoms with E-state index in [0.29, 0.717) is 12.5 Å². The van der Waals surface area contributed by atoms with E-state index in [2.05, 4.69) is 0 Å². The van der Waals surface area contributed by atoms with Crippen LogP contribution < -0.4 is 0 Å². The van der Waals surface area contributed by atoms with Crippen molar-refractivity contribution in [2.45, 2.75) is 25.7 Å². The van der Waals surface area contributed by atoms with Gasteiger partial charge in [0.05, 0.1) is 0 Å². The van der Waals surface area contributed by atoms with Crippen molar-refractivity contribution in [1.82, 2.24) is 4.90 Å². The molecular formula is C9H15NO3. The van der Waals surface area contributed by atoms with Crippen LogP contribution in [0.3, 0.4) is 0 Å². The molecule has 0 aromatic heterocycles. The second-order valence-electron chi connectivity index (χ2n) is 3.62. The van der Waals surface area contributed by atoms with E-state index in [4.69, 9.17) is 5.11 Å². The van der Waals surface area contributed by atoms with Crippen molar-refractivity contribution in [1.29, 1.82) is 0 Å². The highest BCUT2D eigenvalue weighted by Crippen LogP contribution is 2.29. The molecule has 0 unspecified atom stereocenters. The molecule has 0 spiro atoms. The topological polar surface area (TPSA) is 57.6 Å². The predicted molar refractivity (Wildman–Crippen MR) is 47.2 cm³/mol. The summed E-state index contributed by atoms with van der Waals surface area (Å²) in [5.41, 5.74) is 0. The van der Waals surface area contributed by atoms with Crippen molar-refractivity contribution >= 4 is 11.9 Å². The highest BCUT2D eigenvalue weighted by Gasteiger charge is 2.21. The average Bonchev–Trinajstić information content (AvgIpc) is 1.99. The SMILES string of the molecule is CN(CCC1CCC1)C(=O)C(=O)O. The fourth-order valence-electron chi connectivity index (χ4n) is 1.42. The summed E-state index contributed by atoms with van der Waals surface area (Å²) in [6.07, 6.45) is 4.68. The van der Waals surface area contributed by atoms with Gasteiger partial charge in [-0.15, -0.1) is 0 Å². The number of rotatable bonds is 3. The Balaban J connectivity index is 2.19. The van der Waals surface area contributed by atoms with Gasteiger partial charge in [0.1, 0.15) is 0 Å². The van der Waals surface area contributed by atoms with E-state index in [1.54, 1.807) is 0 Å². The number of carboxylic acids is 1. The molecule has 4 nitrogen and oxygen atoms in total. The van der Waals surface area contributed by atoms with Crippen molar-refractivity contribution in [3.63, 3.8) is 0 Å². The van der Waals surface area contributed by atoms with Crippen molar-refractivity contribution in [2.75, 3.05) is 13.6 Å². The molecule has 0 bridgehead atoms. The number of amides is 1. The maximum Gasteiger partial charge on any atom is 0.394 e. The molecule has 13 heavy (non-hydrogen) atoms. The Bertz CT molecular complexity index is 211. The van der Waals surface area contributed by atoms with Crippen LogP contribution in [0, 0.1) is 5.92 Å². The molecule has 1 saturated carbocycles. The van der Waals surface area contributed by atoms with Crippen LogP contribution in [0.1, 0.15) is 25.7 Å². The molecule has 0 heterocycles. The van der Waals surface area contributed by atoms with E-state index in [1.807, 2.05) is 0 Å². The lowest BCUT2D eigenvalue weighted by Gasteiger charge is -2.27. The first kappa shape index (κ1) is 10.0. The summed E-state index contributed by atoms with van der Waals surface area (Å²) in [6, 6.07) is 0. The van der Waals surface area contributed by atoms with Gasteiger partial charge in [0, 0.05) is 13.6 Å². The Labute approximate surface area is 77.5 Å². The van der Waals surface area contributed by atoms with Gasteiger partial charge in [-0.1, -0.05) is 19.3 Å². The average molecular weight is 185 g/mol. The zero-order valence-corrected chi connectivity index (χ0v) is 7.82. The van der Waals surface area contributed by atoms with Crippen LogP contribution in [0.15, 0.2) is 0 Å². The molecule has 0 aromatic rings. The highest BCUT2D eigenvalue weighted by molar-refractivity contribution is 6.31. The first-order valence-corrected chi connectivity index (χ1v) is 4.59. The molecule has 0 atom stereocenters. The van der Waals surface area contributed by atoms with Gasteiger partial charge in [0.2, 0.25) is 0 Å². The number of hydrogen-bond donors (Lipinski definition) is 1. The third kappa shape index (κ3) is 2.72. The van der Waals surface area contributed by atoms with Crippen LogP contribution in [-0.2, 0) is 9.59 Å². The molecule has 74 valence electrons. The van der Waals surface area contributed by atoms with E-state index >= 15 is 0 Å². The maximum atomic E-state index is 10.9. The van der Waals surface area contributed by atoms with E-state index in [9.17, 15) is 9.59 Å². The highest BCUT2D eigenvalue weighted by atomic mass is 16.4. The Morgan fingerprint density at radius 3 is 2.46 bits per heavy atom. The van der Waals surface area contributed by atoms with Crippen molar-refractivity contribution in [2.24, 2.45) is 5.92 Å². The van der Waals surface area contributed by atoms with Gasteiger partial charge in [-0.25, -0.2) is 4.79 Å². The standard InChI is InChI=1S/C9H15NO3/c1-10(8(11)9(12)13)6-5-7-3-2-4-7/h7H,2-6H2,1H3,(H,12,13). The molecule has 1 fully saturated rings. The minimum absolute atomic E-state index is 0.565. The molecule has 0 saturated heterocycles. The first-order valence-electron chi connectivity index (χ1n) is 4.59. The summed E-state index contributed by atoms with van der Waals surface area (Å²) in [7, 11) is 1.54. The normalized spacial score (nSPS) is 16.4. The lowest BCUT2D eigenvalue weighted by Crippen LogP contribution is -2.35. The second-order valence-corrected chi connectivity index (χ2v) is 3.62. The maximum absolute atomic E-state index is 10.9. The molecule has 0 radical (unpaired) electrons. The van der Waals surface area contributed by atoms with Gasteiger partial charge >= 0.3 is 11.9 Å². The van der Waals surface area contributed by atoms with E-state index in [0.717, 1.165) is 6.42 Å². The summed E-state index contributed by atoms with van der Waals surface area (Å²) in [5, 5.41) is 8.40. The predicted octanol–water partition coefficient (Wildman–Crippen LogP) is 0.720. The second kappa shape index (κ2) is 4.25. The van der Waals surface area contributed by atoms with Crippen LogP contribution in [0.25, 0.3) is 0 Å². The summed E-state index contributed by atoms with van der Waals surface area (Å²) in [5.74, 6) is -1.46. The number of carboxylic acid groups (broad SMARTS) is 1. The van der Waals surface area contributed by atoms with E-state index in [-0.39, 0.29) is 0 Å². The zero-order chi connectivity index (χ0) is 9.84. The molecule has 1 rings (SSSR count). The number of nitrogens with zero attached hydrogens (tertiary/aromatic N) is 1. The van der Waals surface area contributed by atoms with Gasteiger partial charge in [-0.05, 0) is 12.3 Å². The molecule has 1 aliphatic carbocycles. The van der Waals surface area contributed by atoms with Crippen LogP contribution in [0.4, 0.5) is 0 Å². The smallest absolute Gasteiger partial charge is 0.394 e. The summed E-state index contributed by atoms with van der Waals surface area (Å²) in [6.45, 7) is 0.565. The molecule has 1 amide bonds. The Morgan fingerprint density at radius 2 is 2.08 bits per heavy atom. The Hall–Kier alpha value is -1.06. The van der Waals surface area contributed by atoms with Crippen LogP contribution in [-0.4, -0.2) is 35.5 Å². The van der Waals surface area contributed by atoms with Gasteiger partial charge in [-0.2, -0.15) is 0 Å². The number of carbonyl (C=O) groups excluding carboxylic acids is 1. The summed E-state index contributed by atoms with van der Waals surface area (Å²) < 4.78 is 0.